The first kappa shape index (κ1) is 21.3. The molecule has 0 amide bonds. The van der Waals surface area contributed by atoms with Gasteiger partial charge in [-0.1, -0.05) is 61.3 Å². The number of halogens is 1. The molecule has 0 aromatic heterocycles. The number of aliphatic hydroxyl groups excluding tert-OH is 1. The van der Waals surface area contributed by atoms with Crippen molar-refractivity contribution in [2.24, 2.45) is 0 Å². The fourth-order valence-electron chi connectivity index (χ4n) is 3.74. The van der Waals surface area contributed by atoms with Gasteiger partial charge in [-0.15, -0.1) is 0 Å². The normalized spacial score (nSPS) is 12.3. The van der Waals surface area contributed by atoms with Crippen LogP contribution in [0.5, 0.6) is 0 Å². The van der Waals surface area contributed by atoms with Crippen LogP contribution in [0.15, 0.2) is 48.5 Å². The van der Waals surface area contributed by atoms with E-state index in [4.69, 9.17) is 16.3 Å². The van der Waals surface area contributed by atoms with Gasteiger partial charge in [-0.3, -0.25) is 0 Å². The van der Waals surface area contributed by atoms with E-state index >= 15 is 0 Å². The molecule has 1 atom stereocenters. The highest BCUT2D eigenvalue weighted by Crippen LogP contribution is 2.41. The maximum Gasteiger partial charge on any atom is 0.337 e. The number of carboxylic acids is 1. The zero-order valence-corrected chi connectivity index (χ0v) is 17.4. The molecule has 152 valence electrons. The van der Waals surface area contributed by atoms with E-state index in [1.54, 1.807) is 12.1 Å². The number of carboxylic acid groups (broad SMARTS) is 1. The van der Waals surface area contributed by atoms with Gasteiger partial charge in [-0.25, -0.2) is 4.79 Å². The van der Waals surface area contributed by atoms with Crippen molar-refractivity contribution in [2.75, 3.05) is 6.61 Å². The third kappa shape index (κ3) is 4.30. The summed E-state index contributed by atoms with van der Waals surface area (Å²) in [6.45, 7) is 4.06. The Hall–Kier alpha value is -2.40. The summed E-state index contributed by atoms with van der Waals surface area (Å²) in [6.07, 6.45) is 0.566. The molecule has 3 aromatic carbocycles. The van der Waals surface area contributed by atoms with E-state index in [1.165, 1.54) is 0 Å². The zero-order chi connectivity index (χ0) is 21.0. The third-order valence-electron chi connectivity index (χ3n) is 5.21. The van der Waals surface area contributed by atoms with Crippen molar-refractivity contribution >= 4 is 28.3 Å². The van der Waals surface area contributed by atoms with Gasteiger partial charge in [0.05, 0.1) is 6.61 Å². The van der Waals surface area contributed by atoms with Crippen molar-refractivity contribution in [3.05, 3.63) is 70.2 Å². The monoisotopic (exact) mass is 412 g/mol. The first-order valence-corrected chi connectivity index (χ1v) is 10.1. The van der Waals surface area contributed by atoms with Crippen molar-refractivity contribution in [1.82, 2.24) is 0 Å². The molecule has 0 aliphatic carbocycles. The average Bonchev–Trinajstić information content (AvgIpc) is 2.71. The topological polar surface area (TPSA) is 66.8 Å². The Labute approximate surface area is 175 Å². The van der Waals surface area contributed by atoms with Gasteiger partial charge in [-0.05, 0) is 58.5 Å². The first-order valence-electron chi connectivity index (χ1n) is 9.74. The number of unbranched alkanes of at least 4 members (excludes halogenated alkanes) is 1. The van der Waals surface area contributed by atoms with E-state index in [0.717, 1.165) is 45.9 Å². The number of carbonyl (C=O) groups is 1. The highest BCUT2D eigenvalue weighted by Gasteiger charge is 2.29. The van der Waals surface area contributed by atoms with Gasteiger partial charge < -0.3 is 14.9 Å². The van der Waals surface area contributed by atoms with E-state index in [9.17, 15) is 15.0 Å². The van der Waals surface area contributed by atoms with E-state index in [2.05, 4.69) is 0 Å². The van der Waals surface area contributed by atoms with Crippen LogP contribution in [0, 0.1) is 6.92 Å². The Bertz CT molecular complexity index is 1010. The lowest BCUT2D eigenvalue weighted by atomic mass is 9.84. The molecule has 2 N–H and O–H groups in total. The Morgan fingerprint density at radius 2 is 1.76 bits per heavy atom. The molecule has 0 heterocycles. The maximum atomic E-state index is 12.2. The quantitative estimate of drug-likeness (QED) is 0.452. The Morgan fingerprint density at radius 1 is 1.10 bits per heavy atom. The molecule has 4 nitrogen and oxygen atoms in total. The van der Waals surface area contributed by atoms with Crippen LogP contribution in [0.4, 0.5) is 0 Å². The number of ether oxygens (including phenoxy) is 1. The molecule has 29 heavy (non-hydrogen) atoms. The fraction of sp³-hybridized carbons (Fsp3) is 0.292. The number of fused-ring (bicyclic) bond motifs is 1. The summed E-state index contributed by atoms with van der Waals surface area (Å²) in [6, 6.07) is 15.1. The summed E-state index contributed by atoms with van der Waals surface area (Å²) in [4.78, 5) is 12.2. The zero-order valence-electron chi connectivity index (χ0n) is 16.6. The lowest BCUT2D eigenvalue weighted by Gasteiger charge is -2.24. The summed E-state index contributed by atoms with van der Waals surface area (Å²) < 4.78 is 5.84. The molecular formula is C24H25ClO4. The van der Waals surface area contributed by atoms with Crippen LogP contribution in [-0.2, 0) is 16.1 Å². The van der Waals surface area contributed by atoms with Crippen molar-refractivity contribution in [2.45, 2.75) is 39.4 Å². The number of aliphatic carboxylic acids is 1. The van der Waals surface area contributed by atoms with Gasteiger partial charge in [0.15, 0.2) is 6.10 Å². The van der Waals surface area contributed by atoms with Crippen LogP contribution in [0.25, 0.3) is 21.9 Å². The maximum absolute atomic E-state index is 12.2. The van der Waals surface area contributed by atoms with E-state index in [0.29, 0.717) is 17.2 Å². The second-order valence-corrected chi connectivity index (χ2v) is 7.48. The minimum atomic E-state index is -1.12. The minimum Gasteiger partial charge on any atom is -0.479 e. The van der Waals surface area contributed by atoms with Crippen LogP contribution in [0.2, 0.25) is 5.02 Å². The Balaban J connectivity index is 2.36. The van der Waals surface area contributed by atoms with Crippen molar-refractivity contribution in [3.8, 4) is 11.1 Å². The van der Waals surface area contributed by atoms with Crippen molar-refractivity contribution < 1.29 is 19.7 Å². The molecule has 5 heteroatoms. The predicted molar refractivity (Wildman–Crippen MR) is 116 cm³/mol. The number of hydrogen-bond acceptors (Lipinski definition) is 3. The third-order valence-corrected chi connectivity index (χ3v) is 5.46. The molecular weight excluding hydrogens is 388 g/mol. The highest BCUT2D eigenvalue weighted by molar-refractivity contribution is 6.30. The highest BCUT2D eigenvalue weighted by atomic mass is 35.5. The minimum absolute atomic E-state index is 0.179. The lowest BCUT2D eigenvalue weighted by Crippen LogP contribution is -2.19. The largest absolute Gasteiger partial charge is 0.479 e. The lowest BCUT2D eigenvalue weighted by molar-refractivity contribution is -0.151. The summed E-state index contributed by atoms with van der Waals surface area (Å²) in [5, 5.41) is 22.5. The molecule has 0 saturated carbocycles. The van der Waals surface area contributed by atoms with E-state index in [-0.39, 0.29) is 6.61 Å². The number of hydrogen-bond donors (Lipinski definition) is 2. The predicted octanol–water partition coefficient (Wildman–Crippen LogP) is 5.90. The van der Waals surface area contributed by atoms with Crippen LogP contribution in [0.1, 0.15) is 42.6 Å². The molecule has 0 aliphatic heterocycles. The Morgan fingerprint density at radius 3 is 2.34 bits per heavy atom. The van der Waals surface area contributed by atoms with Crippen LogP contribution < -0.4 is 0 Å². The second kappa shape index (κ2) is 9.40. The van der Waals surface area contributed by atoms with Gasteiger partial charge in [0.1, 0.15) is 0 Å². The molecule has 0 saturated heterocycles. The van der Waals surface area contributed by atoms with Gasteiger partial charge in [0, 0.05) is 17.2 Å². The molecule has 0 bridgehead atoms. The Kier molecular flexibility index (Phi) is 6.91. The van der Waals surface area contributed by atoms with Gasteiger partial charge in [0.2, 0.25) is 0 Å². The number of aliphatic hydroxyl groups is 1. The van der Waals surface area contributed by atoms with E-state index < -0.39 is 12.1 Å². The first-order chi connectivity index (χ1) is 14.0. The summed E-state index contributed by atoms with van der Waals surface area (Å²) >= 11 is 6.08. The SMILES string of the molecule is CCCCOC(C(=O)O)c1c(C)c(CO)c2ccccc2c1-c1ccc(Cl)cc1. The van der Waals surface area contributed by atoms with Crippen LogP contribution in [0.3, 0.4) is 0 Å². The van der Waals surface area contributed by atoms with Crippen LogP contribution in [-0.4, -0.2) is 22.8 Å². The summed E-state index contributed by atoms with van der Waals surface area (Å²) in [7, 11) is 0. The molecule has 0 radical (unpaired) electrons. The van der Waals surface area contributed by atoms with Gasteiger partial charge in [0.25, 0.3) is 0 Å². The molecule has 3 rings (SSSR count). The summed E-state index contributed by atoms with van der Waals surface area (Å²) in [5.74, 6) is -1.04. The number of benzene rings is 3. The van der Waals surface area contributed by atoms with E-state index in [1.807, 2.05) is 50.2 Å². The second-order valence-electron chi connectivity index (χ2n) is 7.05. The molecule has 0 spiro atoms. The average molecular weight is 413 g/mol. The molecule has 0 aliphatic rings. The van der Waals surface area contributed by atoms with Crippen molar-refractivity contribution in [3.63, 3.8) is 0 Å². The van der Waals surface area contributed by atoms with Gasteiger partial charge in [-0.2, -0.15) is 0 Å². The van der Waals surface area contributed by atoms with Gasteiger partial charge >= 0.3 is 5.97 Å². The fourth-order valence-corrected chi connectivity index (χ4v) is 3.87. The molecule has 1 unspecified atom stereocenters. The smallest absolute Gasteiger partial charge is 0.337 e. The molecule has 0 fully saturated rings. The summed E-state index contributed by atoms with van der Waals surface area (Å²) in [5.41, 5.74) is 3.70. The van der Waals surface area contributed by atoms with Crippen molar-refractivity contribution in [1.29, 1.82) is 0 Å². The standard InChI is InChI=1S/C24H25ClO4/c1-3-4-13-29-23(24(27)28)21-15(2)20(14-26)18-7-5-6-8-19(18)22(21)16-9-11-17(25)12-10-16/h5-12,23,26H,3-4,13-14H2,1-2H3,(H,27,28). The molecule has 3 aromatic rings. The number of rotatable bonds is 8. The van der Waals surface area contributed by atoms with Crippen LogP contribution >= 0.6 is 11.6 Å².